The molecular formula is C12H18N2O3. The first-order chi connectivity index (χ1) is 7.92. The second kappa shape index (κ2) is 5.69. The molecule has 0 unspecified atom stereocenters. The summed E-state index contributed by atoms with van der Waals surface area (Å²) in [6.07, 6.45) is 2.46. The zero-order valence-corrected chi connectivity index (χ0v) is 10.5. The first kappa shape index (κ1) is 13.5. The number of hydrogen-bond donors (Lipinski definition) is 0. The number of hydrogen-bond acceptors (Lipinski definition) is 3. The van der Waals surface area contributed by atoms with Crippen LogP contribution in [0.25, 0.3) is 4.85 Å². The van der Waals surface area contributed by atoms with Gasteiger partial charge in [-0.1, -0.05) is 6.08 Å². The molecule has 94 valence electrons. The van der Waals surface area contributed by atoms with E-state index in [1.165, 1.54) is 6.20 Å². The fourth-order valence-electron chi connectivity index (χ4n) is 1.42. The van der Waals surface area contributed by atoms with Gasteiger partial charge in [-0.3, -0.25) is 0 Å². The third-order valence-electron chi connectivity index (χ3n) is 2.12. The van der Waals surface area contributed by atoms with Crippen molar-refractivity contribution < 1.29 is 14.3 Å². The molecule has 0 bridgehead atoms. The van der Waals surface area contributed by atoms with E-state index < -0.39 is 5.60 Å². The van der Waals surface area contributed by atoms with E-state index in [0.717, 1.165) is 0 Å². The van der Waals surface area contributed by atoms with Crippen molar-refractivity contribution in [1.82, 2.24) is 4.90 Å². The van der Waals surface area contributed by atoms with Crippen molar-refractivity contribution in [3.8, 4) is 0 Å². The van der Waals surface area contributed by atoms with E-state index in [1.807, 2.05) is 20.8 Å². The average Bonchev–Trinajstić information content (AvgIpc) is 2.24. The lowest BCUT2D eigenvalue weighted by Gasteiger charge is -2.33. The number of morpholine rings is 1. The van der Waals surface area contributed by atoms with Crippen molar-refractivity contribution in [3.63, 3.8) is 0 Å². The summed E-state index contributed by atoms with van der Waals surface area (Å²) in [5, 5.41) is 0. The van der Waals surface area contributed by atoms with E-state index in [9.17, 15) is 4.79 Å². The van der Waals surface area contributed by atoms with Gasteiger partial charge in [-0.15, -0.1) is 0 Å². The number of ether oxygens (including phenoxy) is 2. The topological polar surface area (TPSA) is 43.1 Å². The predicted molar refractivity (Wildman–Crippen MR) is 63.3 cm³/mol. The van der Waals surface area contributed by atoms with Crippen molar-refractivity contribution in [2.24, 2.45) is 0 Å². The third-order valence-corrected chi connectivity index (χ3v) is 2.12. The van der Waals surface area contributed by atoms with Crippen molar-refractivity contribution in [3.05, 3.63) is 23.7 Å². The molecule has 0 saturated carbocycles. The van der Waals surface area contributed by atoms with Gasteiger partial charge in [0.1, 0.15) is 5.60 Å². The smallest absolute Gasteiger partial charge is 0.410 e. The second-order valence-electron chi connectivity index (χ2n) is 4.81. The highest BCUT2D eigenvalue weighted by molar-refractivity contribution is 5.68. The molecule has 1 atom stereocenters. The van der Waals surface area contributed by atoms with Crippen molar-refractivity contribution >= 4 is 6.09 Å². The minimum Gasteiger partial charge on any atom is -0.444 e. The van der Waals surface area contributed by atoms with Crippen LogP contribution in [0.15, 0.2) is 12.3 Å². The second-order valence-corrected chi connectivity index (χ2v) is 4.81. The molecule has 1 aliphatic heterocycles. The normalized spacial score (nSPS) is 21.3. The highest BCUT2D eigenvalue weighted by atomic mass is 16.6. The van der Waals surface area contributed by atoms with Crippen LogP contribution in [0.2, 0.25) is 0 Å². The van der Waals surface area contributed by atoms with Crippen LogP contribution >= 0.6 is 0 Å². The Bertz CT molecular complexity index is 339. The molecule has 1 rings (SSSR count). The van der Waals surface area contributed by atoms with Crippen LogP contribution in [0.3, 0.4) is 0 Å². The Kier molecular flexibility index (Phi) is 4.53. The summed E-state index contributed by atoms with van der Waals surface area (Å²) >= 11 is 0. The maximum Gasteiger partial charge on any atom is 0.410 e. The van der Waals surface area contributed by atoms with Gasteiger partial charge in [-0.25, -0.2) is 9.64 Å². The van der Waals surface area contributed by atoms with E-state index in [-0.39, 0.29) is 12.2 Å². The molecule has 0 aromatic carbocycles. The molecular weight excluding hydrogens is 220 g/mol. The summed E-state index contributed by atoms with van der Waals surface area (Å²) in [5.41, 5.74) is -0.489. The Morgan fingerprint density at radius 3 is 2.88 bits per heavy atom. The molecule has 1 amide bonds. The van der Waals surface area contributed by atoms with Crippen molar-refractivity contribution in [1.29, 1.82) is 0 Å². The predicted octanol–water partition coefficient (Wildman–Crippen LogP) is 2.06. The molecule has 5 nitrogen and oxygen atoms in total. The highest BCUT2D eigenvalue weighted by Gasteiger charge is 2.26. The minimum absolute atomic E-state index is 0.217. The summed E-state index contributed by atoms with van der Waals surface area (Å²) in [7, 11) is 0. The molecule has 1 fully saturated rings. The Labute approximate surface area is 102 Å². The van der Waals surface area contributed by atoms with Gasteiger partial charge in [0, 0.05) is 6.54 Å². The van der Waals surface area contributed by atoms with Gasteiger partial charge in [-0.05, 0) is 20.8 Å². The maximum atomic E-state index is 11.8. The summed E-state index contributed by atoms with van der Waals surface area (Å²) in [5.74, 6) is 0. The largest absolute Gasteiger partial charge is 0.444 e. The molecule has 1 aliphatic rings. The quantitative estimate of drug-likeness (QED) is 0.657. The fourth-order valence-corrected chi connectivity index (χ4v) is 1.42. The Morgan fingerprint density at radius 2 is 2.29 bits per heavy atom. The molecule has 0 aromatic rings. The molecule has 1 heterocycles. The van der Waals surface area contributed by atoms with Crippen LogP contribution in [-0.4, -0.2) is 42.4 Å². The SMILES string of the molecule is [C-]#[N+]/C=C/[C@@H]1CN(C(=O)OC(C)(C)C)CCO1. The lowest BCUT2D eigenvalue weighted by Crippen LogP contribution is -2.46. The fraction of sp³-hybridized carbons (Fsp3) is 0.667. The number of nitrogens with zero attached hydrogens (tertiary/aromatic N) is 2. The monoisotopic (exact) mass is 238 g/mol. The van der Waals surface area contributed by atoms with E-state index in [1.54, 1.807) is 11.0 Å². The molecule has 0 N–H and O–H groups in total. The molecule has 17 heavy (non-hydrogen) atoms. The standard InChI is InChI=1S/C12H18N2O3/c1-12(2,3)17-11(15)14-7-8-16-10(9-14)5-6-13-4/h5-6,10H,7-9H2,1-3H3/b6-5+/t10-/m1/s1. The van der Waals surface area contributed by atoms with Gasteiger partial charge in [0.25, 0.3) is 0 Å². The van der Waals surface area contributed by atoms with Crippen molar-refractivity contribution in [2.45, 2.75) is 32.5 Å². The number of amides is 1. The molecule has 0 aliphatic carbocycles. The number of carbonyl (C=O) groups is 1. The zero-order valence-electron chi connectivity index (χ0n) is 10.5. The molecule has 5 heteroatoms. The van der Waals surface area contributed by atoms with Gasteiger partial charge in [0.15, 0.2) is 6.20 Å². The van der Waals surface area contributed by atoms with Crippen LogP contribution < -0.4 is 0 Å². The molecule has 1 saturated heterocycles. The van der Waals surface area contributed by atoms with E-state index >= 15 is 0 Å². The van der Waals surface area contributed by atoms with Gasteiger partial charge in [0.2, 0.25) is 0 Å². The van der Waals surface area contributed by atoms with Gasteiger partial charge in [-0.2, -0.15) is 0 Å². The number of carbonyl (C=O) groups excluding carboxylic acids is 1. The molecule has 0 spiro atoms. The van der Waals surface area contributed by atoms with Gasteiger partial charge in [0.05, 0.1) is 25.8 Å². The first-order valence-electron chi connectivity index (χ1n) is 5.55. The lowest BCUT2D eigenvalue weighted by molar-refractivity contribution is -0.0263. The van der Waals surface area contributed by atoms with Crippen molar-refractivity contribution in [2.75, 3.05) is 19.7 Å². The first-order valence-corrected chi connectivity index (χ1v) is 5.55. The van der Waals surface area contributed by atoms with Gasteiger partial charge < -0.3 is 14.4 Å². The third kappa shape index (κ3) is 4.87. The van der Waals surface area contributed by atoms with Crippen LogP contribution in [0, 0.1) is 6.57 Å². The Balaban J connectivity index is 2.52. The summed E-state index contributed by atoms with van der Waals surface area (Å²) in [4.78, 5) is 16.5. The summed E-state index contributed by atoms with van der Waals surface area (Å²) in [6.45, 7) is 13.6. The van der Waals surface area contributed by atoms with E-state index in [2.05, 4.69) is 4.85 Å². The van der Waals surface area contributed by atoms with Crippen LogP contribution in [0.5, 0.6) is 0 Å². The van der Waals surface area contributed by atoms with Crippen LogP contribution in [-0.2, 0) is 9.47 Å². The summed E-state index contributed by atoms with van der Waals surface area (Å²) < 4.78 is 10.7. The number of rotatable bonds is 1. The molecule has 0 aromatic heterocycles. The lowest BCUT2D eigenvalue weighted by atomic mass is 10.2. The van der Waals surface area contributed by atoms with Gasteiger partial charge >= 0.3 is 6.09 Å². The maximum absolute atomic E-state index is 11.8. The highest BCUT2D eigenvalue weighted by Crippen LogP contribution is 2.13. The minimum atomic E-state index is -0.489. The Hall–Kier alpha value is -1.54. The van der Waals surface area contributed by atoms with E-state index in [4.69, 9.17) is 16.0 Å². The zero-order chi connectivity index (χ0) is 12.9. The Morgan fingerprint density at radius 1 is 1.59 bits per heavy atom. The van der Waals surface area contributed by atoms with Crippen LogP contribution in [0.4, 0.5) is 4.79 Å². The van der Waals surface area contributed by atoms with Crippen LogP contribution in [0.1, 0.15) is 20.8 Å². The summed E-state index contributed by atoms with van der Waals surface area (Å²) in [6, 6.07) is 0. The molecule has 0 radical (unpaired) electrons. The average molecular weight is 238 g/mol. The van der Waals surface area contributed by atoms with E-state index in [0.29, 0.717) is 19.7 Å².